The Morgan fingerprint density at radius 3 is 2.50 bits per heavy atom. The van der Waals surface area contributed by atoms with Crippen LogP contribution in [0.4, 0.5) is 0 Å². The number of carboxylic acid groups (broad SMARTS) is 1. The highest BCUT2D eigenvalue weighted by molar-refractivity contribution is 5.88. The molecule has 5 nitrogen and oxygen atoms in total. The molecular weight excluding hydrogens is 258 g/mol. The lowest BCUT2D eigenvalue weighted by Gasteiger charge is -2.20. The van der Waals surface area contributed by atoms with Gasteiger partial charge in [0, 0.05) is 13.1 Å². The van der Waals surface area contributed by atoms with Gasteiger partial charge in [-0.15, -0.1) is 0 Å². The van der Waals surface area contributed by atoms with Gasteiger partial charge in [0.25, 0.3) is 5.91 Å². The molecule has 1 N–H and O–H groups in total. The Kier molecular flexibility index (Phi) is 4.98. The van der Waals surface area contributed by atoms with Crippen molar-refractivity contribution in [1.29, 1.82) is 0 Å². The maximum absolute atomic E-state index is 12.0. The van der Waals surface area contributed by atoms with Crippen LogP contribution in [-0.4, -0.2) is 41.6 Å². The molecule has 0 aromatic heterocycles. The lowest BCUT2D eigenvalue weighted by atomic mass is 10.2. The Balaban J connectivity index is 1.89. The molecule has 0 unspecified atom stereocenters. The van der Waals surface area contributed by atoms with Gasteiger partial charge in [0.05, 0.1) is 5.56 Å². The number of carbonyl (C=O) groups excluding carboxylic acids is 1. The quantitative estimate of drug-likeness (QED) is 0.916. The van der Waals surface area contributed by atoms with E-state index in [1.807, 2.05) is 4.90 Å². The van der Waals surface area contributed by atoms with Crippen LogP contribution in [0.2, 0.25) is 0 Å². The van der Waals surface area contributed by atoms with E-state index in [-0.39, 0.29) is 18.1 Å². The number of benzene rings is 1. The molecular formula is C15H19NO4. The topological polar surface area (TPSA) is 66.8 Å². The van der Waals surface area contributed by atoms with Crippen LogP contribution >= 0.6 is 0 Å². The molecule has 1 amide bonds. The zero-order chi connectivity index (χ0) is 14.4. The van der Waals surface area contributed by atoms with Crippen LogP contribution < -0.4 is 4.74 Å². The summed E-state index contributed by atoms with van der Waals surface area (Å²) in [5.74, 6) is -0.630. The number of carbonyl (C=O) groups is 2. The lowest BCUT2D eigenvalue weighted by Crippen LogP contribution is -2.35. The number of carboxylic acids is 1. The summed E-state index contributed by atoms with van der Waals surface area (Å²) in [6, 6.07) is 6.18. The Labute approximate surface area is 118 Å². The van der Waals surface area contributed by atoms with Gasteiger partial charge in [-0.1, -0.05) is 18.9 Å². The standard InChI is InChI=1S/C15H19NO4/c17-14(16-8-3-1-2-4-9-16)11-20-13-7-5-6-12(10-13)15(18)19/h5-7,10H,1-4,8-9,11H2,(H,18,19). The third-order valence-corrected chi connectivity index (χ3v) is 3.40. The molecule has 5 heteroatoms. The molecule has 1 aliphatic rings. The van der Waals surface area contributed by atoms with Crippen molar-refractivity contribution in [3.8, 4) is 5.75 Å². The highest BCUT2D eigenvalue weighted by Gasteiger charge is 2.16. The van der Waals surface area contributed by atoms with Gasteiger partial charge in [-0.2, -0.15) is 0 Å². The molecule has 20 heavy (non-hydrogen) atoms. The lowest BCUT2D eigenvalue weighted by molar-refractivity contribution is -0.133. The van der Waals surface area contributed by atoms with Crippen molar-refractivity contribution in [3.05, 3.63) is 29.8 Å². The molecule has 0 bridgehead atoms. The molecule has 1 saturated heterocycles. The Morgan fingerprint density at radius 2 is 1.85 bits per heavy atom. The normalized spacial score (nSPS) is 15.5. The number of ether oxygens (including phenoxy) is 1. The number of rotatable bonds is 4. The van der Waals surface area contributed by atoms with Gasteiger partial charge < -0.3 is 14.7 Å². The van der Waals surface area contributed by atoms with Gasteiger partial charge in [0.1, 0.15) is 5.75 Å². The molecule has 2 rings (SSSR count). The molecule has 108 valence electrons. The first-order chi connectivity index (χ1) is 9.66. The van der Waals surface area contributed by atoms with Crippen LogP contribution in [0.25, 0.3) is 0 Å². The maximum atomic E-state index is 12.0. The number of amides is 1. The molecule has 0 spiro atoms. The molecule has 0 atom stereocenters. The van der Waals surface area contributed by atoms with Crippen LogP contribution in [0.3, 0.4) is 0 Å². The van der Waals surface area contributed by atoms with Gasteiger partial charge in [0.2, 0.25) is 0 Å². The van der Waals surface area contributed by atoms with Crippen LogP contribution in [0.5, 0.6) is 5.75 Å². The fourth-order valence-corrected chi connectivity index (χ4v) is 2.28. The van der Waals surface area contributed by atoms with E-state index in [9.17, 15) is 9.59 Å². The number of aromatic carboxylic acids is 1. The van der Waals surface area contributed by atoms with E-state index in [0.717, 1.165) is 25.9 Å². The first kappa shape index (κ1) is 14.4. The van der Waals surface area contributed by atoms with Crippen molar-refractivity contribution in [1.82, 2.24) is 4.90 Å². The van der Waals surface area contributed by atoms with Crippen molar-refractivity contribution in [2.45, 2.75) is 25.7 Å². The Hall–Kier alpha value is -2.04. The zero-order valence-corrected chi connectivity index (χ0v) is 11.4. The molecule has 1 heterocycles. The smallest absolute Gasteiger partial charge is 0.335 e. The SMILES string of the molecule is O=C(O)c1cccc(OCC(=O)N2CCCCCC2)c1. The van der Waals surface area contributed by atoms with Crippen molar-refractivity contribution in [2.24, 2.45) is 0 Å². The van der Waals surface area contributed by atoms with E-state index in [0.29, 0.717) is 5.75 Å². The number of hydrogen-bond acceptors (Lipinski definition) is 3. The van der Waals surface area contributed by atoms with E-state index >= 15 is 0 Å². The van der Waals surface area contributed by atoms with E-state index in [4.69, 9.17) is 9.84 Å². The number of hydrogen-bond donors (Lipinski definition) is 1. The first-order valence-electron chi connectivity index (χ1n) is 6.91. The number of likely N-dealkylation sites (tertiary alicyclic amines) is 1. The minimum Gasteiger partial charge on any atom is -0.484 e. The summed E-state index contributed by atoms with van der Waals surface area (Å²) in [6.45, 7) is 1.54. The van der Waals surface area contributed by atoms with Crippen LogP contribution in [-0.2, 0) is 4.79 Å². The molecule has 1 fully saturated rings. The van der Waals surface area contributed by atoms with Crippen molar-refractivity contribution < 1.29 is 19.4 Å². The van der Waals surface area contributed by atoms with Crippen LogP contribution in [0.15, 0.2) is 24.3 Å². The summed E-state index contributed by atoms with van der Waals surface area (Å²) in [5, 5.41) is 8.89. The van der Waals surface area contributed by atoms with Crippen molar-refractivity contribution in [3.63, 3.8) is 0 Å². The van der Waals surface area contributed by atoms with Gasteiger partial charge in [-0.3, -0.25) is 4.79 Å². The minimum atomic E-state index is -1.01. The fraction of sp³-hybridized carbons (Fsp3) is 0.467. The Morgan fingerprint density at radius 1 is 1.15 bits per heavy atom. The predicted octanol–water partition coefficient (Wildman–Crippen LogP) is 2.17. The summed E-state index contributed by atoms with van der Waals surface area (Å²) < 4.78 is 5.40. The largest absolute Gasteiger partial charge is 0.484 e. The summed E-state index contributed by atoms with van der Waals surface area (Å²) in [5.41, 5.74) is 0.157. The minimum absolute atomic E-state index is 0.0346. The third-order valence-electron chi connectivity index (χ3n) is 3.40. The second-order valence-electron chi connectivity index (χ2n) is 4.92. The first-order valence-corrected chi connectivity index (χ1v) is 6.91. The van der Waals surface area contributed by atoms with Gasteiger partial charge in [-0.05, 0) is 31.0 Å². The summed E-state index contributed by atoms with van der Waals surface area (Å²) in [7, 11) is 0. The molecule has 0 saturated carbocycles. The van der Waals surface area contributed by atoms with E-state index < -0.39 is 5.97 Å². The van der Waals surface area contributed by atoms with Gasteiger partial charge in [0.15, 0.2) is 6.61 Å². The van der Waals surface area contributed by atoms with E-state index in [1.54, 1.807) is 12.1 Å². The van der Waals surface area contributed by atoms with Gasteiger partial charge in [-0.25, -0.2) is 4.79 Å². The molecule has 0 aliphatic carbocycles. The maximum Gasteiger partial charge on any atom is 0.335 e. The highest BCUT2D eigenvalue weighted by atomic mass is 16.5. The predicted molar refractivity (Wildman–Crippen MR) is 73.9 cm³/mol. The van der Waals surface area contributed by atoms with Crippen LogP contribution in [0, 0.1) is 0 Å². The van der Waals surface area contributed by atoms with E-state index in [1.165, 1.54) is 25.0 Å². The summed E-state index contributed by atoms with van der Waals surface area (Å²) in [4.78, 5) is 24.7. The average molecular weight is 277 g/mol. The highest BCUT2D eigenvalue weighted by Crippen LogP contribution is 2.14. The third kappa shape index (κ3) is 3.98. The van der Waals surface area contributed by atoms with Crippen molar-refractivity contribution in [2.75, 3.05) is 19.7 Å². The molecule has 1 aliphatic heterocycles. The van der Waals surface area contributed by atoms with Crippen LogP contribution in [0.1, 0.15) is 36.0 Å². The zero-order valence-electron chi connectivity index (χ0n) is 11.4. The fourth-order valence-electron chi connectivity index (χ4n) is 2.28. The summed E-state index contributed by atoms with van der Waals surface area (Å²) in [6.07, 6.45) is 4.43. The van der Waals surface area contributed by atoms with E-state index in [2.05, 4.69) is 0 Å². The van der Waals surface area contributed by atoms with Gasteiger partial charge >= 0.3 is 5.97 Å². The second kappa shape index (κ2) is 6.93. The monoisotopic (exact) mass is 277 g/mol. The van der Waals surface area contributed by atoms with Crippen molar-refractivity contribution >= 4 is 11.9 Å². The second-order valence-corrected chi connectivity index (χ2v) is 4.92. The Bertz CT molecular complexity index is 479. The molecule has 1 aromatic carbocycles. The molecule has 1 aromatic rings. The summed E-state index contributed by atoms with van der Waals surface area (Å²) >= 11 is 0. The average Bonchev–Trinajstić information content (AvgIpc) is 2.74. The number of nitrogens with zero attached hydrogens (tertiary/aromatic N) is 1. The molecule has 0 radical (unpaired) electrons.